The lowest BCUT2D eigenvalue weighted by molar-refractivity contribution is -0.143. The second kappa shape index (κ2) is 5.52. The van der Waals surface area contributed by atoms with Crippen LogP contribution in [0.15, 0.2) is 29.2 Å². The van der Waals surface area contributed by atoms with E-state index in [2.05, 4.69) is 4.74 Å². The van der Waals surface area contributed by atoms with Crippen LogP contribution in [-0.2, 0) is 19.6 Å². The Kier molecular flexibility index (Phi) is 4.17. The normalized spacial score (nSPS) is 20.4. The molecule has 1 heterocycles. The topological polar surface area (TPSA) is 63.7 Å². The van der Waals surface area contributed by atoms with Crippen LogP contribution in [-0.4, -0.2) is 43.5 Å². The number of carbonyl (C=O) groups is 1. The predicted octanol–water partition coefficient (Wildman–Crippen LogP) is 1.23. The Balaban J connectivity index is 2.33. The lowest BCUT2D eigenvalue weighted by Gasteiger charge is -2.21. The predicted molar refractivity (Wildman–Crippen MR) is 73.3 cm³/mol. The van der Waals surface area contributed by atoms with Crippen LogP contribution in [0.2, 0.25) is 0 Å². The quantitative estimate of drug-likeness (QED) is 0.786. The average Bonchev–Trinajstić information content (AvgIpc) is 2.88. The molecule has 1 fully saturated rings. The summed E-state index contributed by atoms with van der Waals surface area (Å²) >= 11 is 1.40. The van der Waals surface area contributed by atoms with Crippen molar-refractivity contribution in [3.8, 4) is 0 Å². The van der Waals surface area contributed by atoms with Gasteiger partial charge in [0.25, 0.3) is 0 Å². The van der Waals surface area contributed by atoms with E-state index < -0.39 is 22.0 Å². The minimum absolute atomic E-state index is 0.203. The highest BCUT2D eigenvalue weighted by atomic mass is 32.2. The first-order valence-corrected chi connectivity index (χ1v) is 8.30. The summed E-state index contributed by atoms with van der Waals surface area (Å²) in [5.74, 6) is 0.189. The molecule has 1 aliphatic heterocycles. The first-order chi connectivity index (χ1) is 8.96. The van der Waals surface area contributed by atoms with Gasteiger partial charge >= 0.3 is 5.97 Å². The summed E-state index contributed by atoms with van der Waals surface area (Å²) in [6, 6.07) is 5.86. The third kappa shape index (κ3) is 2.77. The van der Waals surface area contributed by atoms with E-state index in [1.54, 1.807) is 24.3 Å². The van der Waals surface area contributed by atoms with Crippen LogP contribution in [0.1, 0.15) is 5.56 Å². The molecule has 0 aromatic heterocycles. The maximum absolute atomic E-state index is 12.5. The number of carbonyl (C=O) groups excluding carboxylic acids is 1. The molecule has 0 N–H and O–H groups in total. The smallest absolute Gasteiger partial charge is 0.325 e. The standard InChI is InChI=1S/C12H15NO4S2/c1-9-3-5-10(6-4-9)19(15,16)13-8-18-7-11(13)12(14)17-2/h3-6,11H,7-8H2,1-2H3/t11-/m0/s1. The molecule has 0 unspecified atom stereocenters. The zero-order valence-corrected chi connectivity index (χ0v) is 12.3. The van der Waals surface area contributed by atoms with Crippen molar-refractivity contribution in [1.29, 1.82) is 0 Å². The molecular weight excluding hydrogens is 286 g/mol. The molecule has 0 aliphatic carbocycles. The fourth-order valence-electron chi connectivity index (χ4n) is 1.83. The number of esters is 1. The number of sulfonamides is 1. The Morgan fingerprint density at radius 3 is 2.58 bits per heavy atom. The van der Waals surface area contributed by atoms with Crippen LogP contribution in [0.25, 0.3) is 0 Å². The molecule has 0 radical (unpaired) electrons. The van der Waals surface area contributed by atoms with E-state index in [4.69, 9.17) is 0 Å². The van der Waals surface area contributed by atoms with Crippen molar-refractivity contribution in [2.24, 2.45) is 0 Å². The zero-order chi connectivity index (χ0) is 14.0. The molecule has 1 aliphatic rings. The molecule has 0 spiro atoms. The Hall–Kier alpha value is -1.05. The molecule has 1 saturated heterocycles. The van der Waals surface area contributed by atoms with Gasteiger partial charge in [-0.15, -0.1) is 11.8 Å². The fourth-order valence-corrected chi connectivity index (χ4v) is 4.96. The minimum atomic E-state index is -3.65. The highest BCUT2D eigenvalue weighted by Crippen LogP contribution is 2.28. The molecule has 104 valence electrons. The van der Waals surface area contributed by atoms with Gasteiger partial charge in [-0.25, -0.2) is 8.42 Å². The zero-order valence-electron chi connectivity index (χ0n) is 10.7. The molecular formula is C12H15NO4S2. The van der Waals surface area contributed by atoms with Gasteiger partial charge in [-0.1, -0.05) is 17.7 Å². The van der Waals surface area contributed by atoms with Crippen molar-refractivity contribution in [1.82, 2.24) is 4.31 Å². The van der Waals surface area contributed by atoms with Crippen molar-refractivity contribution in [2.45, 2.75) is 17.9 Å². The molecule has 1 atom stereocenters. The van der Waals surface area contributed by atoms with Crippen LogP contribution in [0.3, 0.4) is 0 Å². The van der Waals surface area contributed by atoms with Gasteiger partial charge in [0.05, 0.1) is 17.9 Å². The molecule has 19 heavy (non-hydrogen) atoms. The monoisotopic (exact) mass is 301 g/mol. The van der Waals surface area contributed by atoms with E-state index in [1.807, 2.05) is 6.92 Å². The first kappa shape index (κ1) is 14.4. The van der Waals surface area contributed by atoms with E-state index in [0.717, 1.165) is 5.56 Å². The number of aryl methyl sites for hydroxylation is 1. The summed E-state index contributed by atoms with van der Waals surface area (Å²) in [4.78, 5) is 11.8. The van der Waals surface area contributed by atoms with Gasteiger partial charge in [0.1, 0.15) is 6.04 Å². The van der Waals surface area contributed by atoms with Crippen LogP contribution >= 0.6 is 11.8 Å². The van der Waals surface area contributed by atoms with E-state index in [-0.39, 0.29) is 10.8 Å². The minimum Gasteiger partial charge on any atom is -0.468 e. The van der Waals surface area contributed by atoms with Crippen LogP contribution in [0, 0.1) is 6.92 Å². The van der Waals surface area contributed by atoms with Crippen molar-refractivity contribution >= 4 is 27.8 Å². The number of hydrogen-bond acceptors (Lipinski definition) is 5. The van der Waals surface area contributed by atoms with Crippen molar-refractivity contribution < 1.29 is 17.9 Å². The van der Waals surface area contributed by atoms with E-state index >= 15 is 0 Å². The molecule has 0 amide bonds. The van der Waals surface area contributed by atoms with Crippen molar-refractivity contribution in [3.05, 3.63) is 29.8 Å². The van der Waals surface area contributed by atoms with E-state index in [9.17, 15) is 13.2 Å². The number of nitrogens with zero attached hydrogens (tertiary/aromatic N) is 1. The molecule has 1 aromatic carbocycles. The maximum Gasteiger partial charge on any atom is 0.325 e. The highest BCUT2D eigenvalue weighted by molar-refractivity contribution is 8.00. The number of hydrogen-bond donors (Lipinski definition) is 0. The van der Waals surface area contributed by atoms with Crippen LogP contribution in [0.4, 0.5) is 0 Å². The van der Waals surface area contributed by atoms with Crippen molar-refractivity contribution in [2.75, 3.05) is 18.7 Å². The second-order valence-electron chi connectivity index (χ2n) is 4.24. The largest absolute Gasteiger partial charge is 0.468 e. The average molecular weight is 301 g/mol. The number of thioether (sulfide) groups is 1. The van der Waals surface area contributed by atoms with Gasteiger partial charge < -0.3 is 4.74 Å². The Morgan fingerprint density at radius 1 is 1.37 bits per heavy atom. The van der Waals surface area contributed by atoms with E-state index in [1.165, 1.54) is 23.2 Å². The third-order valence-electron chi connectivity index (χ3n) is 2.94. The molecule has 7 heteroatoms. The summed E-state index contributed by atoms with van der Waals surface area (Å²) < 4.78 is 30.8. The number of rotatable bonds is 3. The van der Waals surface area contributed by atoms with Gasteiger partial charge in [0, 0.05) is 5.75 Å². The number of methoxy groups -OCH3 is 1. The third-order valence-corrected chi connectivity index (χ3v) is 5.99. The summed E-state index contributed by atoms with van der Waals surface area (Å²) in [7, 11) is -2.38. The SMILES string of the molecule is COC(=O)[C@@H]1CSCN1S(=O)(=O)c1ccc(C)cc1. The first-order valence-electron chi connectivity index (χ1n) is 5.71. The molecule has 2 rings (SSSR count). The second-order valence-corrected chi connectivity index (χ2v) is 7.13. The summed E-state index contributed by atoms with van der Waals surface area (Å²) in [5, 5.41) is 0. The van der Waals surface area contributed by atoms with Crippen LogP contribution < -0.4 is 0 Å². The number of ether oxygens (including phenoxy) is 1. The Bertz CT molecular complexity index is 568. The maximum atomic E-state index is 12.5. The van der Waals surface area contributed by atoms with E-state index in [0.29, 0.717) is 5.75 Å². The number of benzene rings is 1. The molecule has 1 aromatic rings. The van der Waals surface area contributed by atoms with Gasteiger partial charge in [0.15, 0.2) is 0 Å². The molecule has 5 nitrogen and oxygen atoms in total. The Labute approximate surface area is 117 Å². The Morgan fingerprint density at radius 2 is 2.00 bits per heavy atom. The fraction of sp³-hybridized carbons (Fsp3) is 0.417. The van der Waals surface area contributed by atoms with Crippen molar-refractivity contribution in [3.63, 3.8) is 0 Å². The van der Waals surface area contributed by atoms with Gasteiger partial charge in [-0.2, -0.15) is 4.31 Å². The highest BCUT2D eigenvalue weighted by Gasteiger charge is 2.40. The lowest BCUT2D eigenvalue weighted by Crippen LogP contribution is -2.42. The van der Waals surface area contributed by atoms with Gasteiger partial charge in [0.2, 0.25) is 10.0 Å². The van der Waals surface area contributed by atoms with Crippen LogP contribution in [0.5, 0.6) is 0 Å². The molecule has 0 saturated carbocycles. The van der Waals surface area contributed by atoms with Gasteiger partial charge in [-0.3, -0.25) is 4.79 Å². The summed E-state index contributed by atoms with van der Waals surface area (Å²) in [5.41, 5.74) is 0.985. The summed E-state index contributed by atoms with van der Waals surface area (Å²) in [6.07, 6.45) is 0. The molecule has 0 bridgehead atoms. The summed E-state index contributed by atoms with van der Waals surface area (Å²) in [6.45, 7) is 1.89. The lowest BCUT2D eigenvalue weighted by atomic mass is 10.2. The van der Waals surface area contributed by atoms with Gasteiger partial charge in [-0.05, 0) is 19.1 Å².